The molecule has 31 heavy (non-hydrogen) atoms. The van der Waals surface area contributed by atoms with E-state index in [-0.39, 0.29) is 11.0 Å². The summed E-state index contributed by atoms with van der Waals surface area (Å²) in [6.07, 6.45) is 1.50. The number of amides is 1. The molecule has 0 saturated carbocycles. The minimum atomic E-state index is -0.574. The second kappa shape index (κ2) is 7.07. The molecular weight excluding hydrogens is 392 g/mol. The predicted octanol–water partition coefficient (Wildman–Crippen LogP) is 2.99. The van der Waals surface area contributed by atoms with Gasteiger partial charge in [-0.25, -0.2) is 14.3 Å². The number of aromatic amines is 1. The van der Waals surface area contributed by atoms with Crippen molar-refractivity contribution in [1.29, 1.82) is 0 Å². The molecule has 1 amide bonds. The first-order valence-corrected chi connectivity index (χ1v) is 9.57. The molecule has 5 aromatic rings. The average molecular weight is 408 g/mol. The first-order valence-electron chi connectivity index (χ1n) is 9.57. The quantitative estimate of drug-likeness (QED) is 0.478. The number of nitrogens with zero attached hydrogens (tertiary/aromatic N) is 2. The molecule has 0 radical (unpaired) electrons. The summed E-state index contributed by atoms with van der Waals surface area (Å²) in [6.45, 7) is 0. The maximum Gasteiger partial charge on any atom is 0.333 e. The van der Waals surface area contributed by atoms with Gasteiger partial charge in [0.15, 0.2) is 5.52 Å². The van der Waals surface area contributed by atoms with Crippen LogP contribution >= 0.6 is 0 Å². The number of H-pyrrole nitrogens is 1. The molecule has 3 aromatic carbocycles. The lowest BCUT2D eigenvalue weighted by atomic mass is 10.0. The Hall–Kier alpha value is -4.52. The molecule has 2 heterocycles. The largest absolute Gasteiger partial charge is 0.366 e. The summed E-state index contributed by atoms with van der Waals surface area (Å²) in [4.78, 5) is 45.0. The van der Waals surface area contributed by atoms with E-state index >= 15 is 0 Å². The van der Waals surface area contributed by atoms with E-state index in [1.165, 1.54) is 6.20 Å². The van der Waals surface area contributed by atoms with Crippen molar-refractivity contribution < 1.29 is 4.79 Å². The van der Waals surface area contributed by atoms with Crippen LogP contribution in [0.25, 0.3) is 38.6 Å². The molecule has 0 aliphatic carbocycles. The van der Waals surface area contributed by atoms with Gasteiger partial charge < -0.3 is 10.7 Å². The minimum Gasteiger partial charge on any atom is -0.366 e. The Morgan fingerprint density at radius 3 is 2.52 bits per heavy atom. The summed E-state index contributed by atoms with van der Waals surface area (Å²) in [7, 11) is 0. The Morgan fingerprint density at radius 2 is 1.68 bits per heavy atom. The van der Waals surface area contributed by atoms with Gasteiger partial charge in [-0.1, -0.05) is 54.6 Å². The number of hydrogen-bond acceptors (Lipinski definition) is 4. The van der Waals surface area contributed by atoms with Crippen LogP contribution in [0, 0.1) is 0 Å². The second-order valence-corrected chi connectivity index (χ2v) is 7.10. The zero-order chi connectivity index (χ0) is 21.5. The van der Waals surface area contributed by atoms with E-state index in [9.17, 15) is 14.4 Å². The van der Waals surface area contributed by atoms with Crippen LogP contribution in [0.2, 0.25) is 0 Å². The molecule has 0 aliphatic rings. The van der Waals surface area contributed by atoms with Crippen molar-refractivity contribution in [2.75, 3.05) is 0 Å². The van der Waals surface area contributed by atoms with Crippen molar-refractivity contribution in [3.05, 3.63) is 105 Å². The number of nitrogens with two attached hydrogens (primary N) is 1. The van der Waals surface area contributed by atoms with Crippen LogP contribution in [-0.4, -0.2) is 20.4 Å². The van der Waals surface area contributed by atoms with Gasteiger partial charge >= 0.3 is 5.69 Å². The number of carbonyl (C=O) groups is 1. The van der Waals surface area contributed by atoms with E-state index in [2.05, 4.69) is 9.97 Å². The predicted molar refractivity (Wildman–Crippen MR) is 119 cm³/mol. The Morgan fingerprint density at radius 1 is 0.935 bits per heavy atom. The molecule has 0 spiro atoms. The lowest BCUT2D eigenvalue weighted by molar-refractivity contribution is 0.100. The minimum absolute atomic E-state index is 0.118. The summed E-state index contributed by atoms with van der Waals surface area (Å²) in [5.41, 5.74) is 6.73. The topological polar surface area (TPSA) is 111 Å². The van der Waals surface area contributed by atoms with Gasteiger partial charge in [-0.3, -0.25) is 9.59 Å². The summed E-state index contributed by atoms with van der Waals surface area (Å²) in [6, 6.07) is 21.4. The van der Waals surface area contributed by atoms with Gasteiger partial charge in [0, 0.05) is 22.7 Å². The van der Waals surface area contributed by atoms with Crippen LogP contribution in [0.1, 0.15) is 10.4 Å². The van der Waals surface area contributed by atoms with Crippen LogP contribution in [0.15, 0.2) is 88.6 Å². The number of primary amides is 1. The fourth-order valence-electron chi connectivity index (χ4n) is 3.82. The molecule has 0 atom stereocenters. The first-order chi connectivity index (χ1) is 15.0. The van der Waals surface area contributed by atoms with Crippen LogP contribution < -0.4 is 17.0 Å². The van der Waals surface area contributed by atoms with E-state index in [0.29, 0.717) is 22.4 Å². The first kappa shape index (κ1) is 18.5. The molecule has 2 aromatic heterocycles. The zero-order valence-electron chi connectivity index (χ0n) is 16.2. The zero-order valence-corrected chi connectivity index (χ0v) is 16.2. The molecule has 3 N–H and O–H groups in total. The number of fused-ring (bicyclic) bond motifs is 2. The van der Waals surface area contributed by atoms with Crippen LogP contribution in [0.4, 0.5) is 0 Å². The third kappa shape index (κ3) is 3.00. The highest BCUT2D eigenvalue weighted by atomic mass is 16.2. The van der Waals surface area contributed by atoms with Crippen molar-refractivity contribution in [2.24, 2.45) is 5.73 Å². The number of benzene rings is 3. The van der Waals surface area contributed by atoms with Crippen molar-refractivity contribution in [3.8, 4) is 16.8 Å². The number of pyridine rings is 1. The third-order valence-electron chi connectivity index (χ3n) is 5.25. The molecule has 0 unspecified atom stereocenters. The van der Waals surface area contributed by atoms with Crippen LogP contribution in [0.3, 0.4) is 0 Å². The molecule has 0 saturated heterocycles. The van der Waals surface area contributed by atoms with Gasteiger partial charge in [0.25, 0.3) is 5.56 Å². The highest BCUT2D eigenvalue weighted by molar-refractivity contribution is 6.00. The van der Waals surface area contributed by atoms with Gasteiger partial charge in [-0.05, 0) is 29.1 Å². The number of rotatable bonds is 3. The van der Waals surface area contributed by atoms with Crippen molar-refractivity contribution in [1.82, 2.24) is 14.5 Å². The molecule has 5 rings (SSSR count). The normalized spacial score (nSPS) is 11.1. The number of carbonyl (C=O) groups excluding carboxylic acids is 1. The van der Waals surface area contributed by atoms with Gasteiger partial charge in [-0.2, -0.15) is 0 Å². The molecular formula is C24H16N4O3. The van der Waals surface area contributed by atoms with Gasteiger partial charge in [0.05, 0.1) is 11.2 Å². The number of hydrogen-bond donors (Lipinski definition) is 2. The monoisotopic (exact) mass is 408 g/mol. The molecule has 0 fully saturated rings. The van der Waals surface area contributed by atoms with E-state index in [4.69, 9.17) is 5.73 Å². The smallest absolute Gasteiger partial charge is 0.333 e. The van der Waals surface area contributed by atoms with E-state index in [1.807, 2.05) is 30.3 Å². The summed E-state index contributed by atoms with van der Waals surface area (Å²) >= 11 is 0. The summed E-state index contributed by atoms with van der Waals surface area (Å²) in [5.74, 6) is -0.574. The van der Waals surface area contributed by atoms with Gasteiger partial charge in [0.2, 0.25) is 5.91 Å². The summed E-state index contributed by atoms with van der Waals surface area (Å²) in [5, 5.41) is 1.70. The molecule has 0 bridgehead atoms. The van der Waals surface area contributed by atoms with E-state index in [1.54, 1.807) is 42.5 Å². The summed E-state index contributed by atoms with van der Waals surface area (Å²) < 4.78 is 1.09. The van der Waals surface area contributed by atoms with Crippen LogP contribution in [-0.2, 0) is 0 Å². The van der Waals surface area contributed by atoms with Crippen molar-refractivity contribution in [2.45, 2.75) is 0 Å². The molecule has 0 aliphatic heterocycles. The lowest BCUT2D eigenvalue weighted by Gasteiger charge is -2.11. The maximum atomic E-state index is 13.2. The third-order valence-corrected chi connectivity index (χ3v) is 5.25. The van der Waals surface area contributed by atoms with Gasteiger partial charge in [-0.15, -0.1) is 0 Å². The SMILES string of the molecule is NC(=O)c1ccccc1-c1cnc2c(=O)n(-c3cccc4ccccc34)c(=O)[nH]c2c1. The molecule has 150 valence electrons. The lowest BCUT2D eigenvalue weighted by Crippen LogP contribution is -2.34. The maximum absolute atomic E-state index is 13.2. The Bertz CT molecular complexity index is 1610. The Kier molecular flexibility index (Phi) is 4.22. The second-order valence-electron chi connectivity index (χ2n) is 7.10. The van der Waals surface area contributed by atoms with Crippen LogP contribution in [0.5, 0.6) is 0 Å². The Balaban J connectivity index is 1.76. The molecule has 7 heteroatoms. The number of aromatic nitrogens is 3. The fourth-order valence-corrected chi connectivity index (χ4v) is 3.82. The van der Waals surface area contributed by atoms with Crippen molar-refractivity contribution >= 4 is 27.7 Å². The highest BCUT2D eigenvalue weighted by Gasteiger charge is 2.15. The molecule has 7 nitrogen and oxygen atoms in total. The average Bonchev–Trinajstić information content (AvgIpc) is 2.79. The standard InChI is InChI=1S/C24H16N4O3/c25-22(29)18-10-4-3-8-16(18)15-12-19-21(26-13-15)23(30)28(24(31)27-19)20-11-5-7-14-6-1-2-9-17(14)20/h1-13H,(H2,25,29)(H,27,31). The number of nitrogens with one attached hydrogen (secondary N) is 1. The van der Waals surface area contributed by atoms with Gasteiger partial charge in [0.1, 0.15) is 0 Å². The van der Waals surface area contributed by atoms with E-state index < -0.39 is 17.2 Å². The fraction of sp³-hybridized carbons (Fsp3) is 0. The van der Waals surface area contributed by atoms with Crippen molar-refractivity contribution in [3.63, 3.8) is 0 Å². The Labute approximate surface area is 175 Å². The van der Waals surface area contributed by atoms with E-state index in [0.717, 1.165) is 15.3 Å². The highest BCUT2D eigenvalue weighted by Crippen LogP contribution is 2.25.